The smallest absolute Gasteiger partial charge is 0.321 e. The third-order valence-electron chi connectivity index (χ3n) is 5.01. The summed E-state index contributed by atoms with van der Waals surface area (Å²) in [5, 5.41) is 8.04. The van der Waals surface area contributed by atoms with Gasteiger partial charge in [0.15, 0.2) is 0 Å². The number of nitrogens with zero attached hydrogens (tertiary/aromatic N) is 1. The lowest BCUT2D eigenvalue weighted by Crippen LogP contribution is -2.45. The van der Waals surface area contributed by atoms with Crippen molar-refractivity contribution in [1.29, 1.82) is 0 Å². The number of hydrogen-bond donors (Lipinski definition) is 3. The highest BCUT2D eigenvalue weighted by Gasteiger charge is 2.24. The predicted molar refractivity (Wildman–Crippen MR) is 110 cm³/mol. The van der Waals surface area contributed by atoms with E-state index in [1.54, 1.807) is 36.3 Å². The van der Waals surface area contributed by atoms with Crippen molar-refractivity contribution in [3.8, 4) is 5.75 Å². The molecule has 3 rings (SSSR count). The minimum atomic E-state index is -0.694. The lowest BCUT2D eigenvalue weighted by atomic mass is 9.97. The van der Waals surface area contributed by atoms with E-state index >= 15 is 0 Å². The van der Waals surface area contributed by atoms with Gasteiger partial charge in [-0.3, -0.25) is 9.59 Å². The average Bonchev–Trinajstić information content (AvgIpc) is 3.30. The van der Waals surface area contributed by atoms with Crippen LogP contribution in [0.25, 0.3) is 0 Å². The van der Waals surface area contributed by atoms with Crippen LogP contribution in [0.5, 0.6) is 5.75 Å². The van der Waals surface area contributed by atoms with Gasteiger partial charge in [0.25, 0.3) is 0 Å². The topological polar surface area (TPSA) is 113 Å². The maximum absolute atomic E-state index is 12.5. The van der Waals surface area contributed by atoms with Crippen molar-refractivity contribution in [3.05, 3.63) is 48.4 Å². The Morgan fingerprint density at radius 1 is 1.07 bits per heavy atom. The molecule has 1 aromatic heterocycles. The molecule has 2 aromatic rings. The fraction of sp³-hybridized carbons (Fsp3) is 0.381. The number of ether oxygens (including phenoxy) is 1. The van der Waals surface area contributed by atoms with Crippen molar-refractivity contribution in [1.82, 2.24) is 15.5 Å². The molecule has 1 aliphatic heterocycles. The van der Waals surface area contributed by atoms with Gasteiger partial charge in [-0.1, -0.05) is 12.1 Å². The minimum Gasteiger partial charge on any atom is -0.495 e. The highest BCUT2D eigenvalue weighted by molar-refractivity contribution is 6.35. The molecule has 9 nitrogen and oxygen atoms in total. The zero-order chi connectivity index (χ0) is 21.3. The summed E-state index contributed by atoms with van der Waals surface area (Å²) in [5.74, 6) is 0.0313. The van der Waals surface area contributed by atoms with Crippen LogP contribution in [-0.4, -0.2) is 49.5 Å². The van der Waals surface area contributed by atoms with E-state index in [-0.39, 0.29) is 18.5 Å². The van der Waals surface area contributed by atoms with E-state index in [9.17, 15) is 14.4 Å². The third-order valence-corrected chi connectivity index (χ3v) is 5.01. The van der Waals surface area contributed by atoms with Gasteiger partial charge in [0.05, 0.1) is 25.6 Å². The maximum Gasteiger partial charge on any atom is 0.321 e. The van der Waals surface area contributed by atoms with E-state index in [4.69, 9.17) is 9.15 Å². The zero-order valence-corrected chi connectivity index (χ0v) is 16.8. The van der Waals surface area contributed by atoms with Crippen LogP contribution in [0.4, 0.5) is 10.5 Å². The highest BCUT2D eigenvalue weighted by atomic mass is 16.5. The first-order valence-electron chi connectivity index (χ1n) is 9.84. The van der Waals surface area contributed by atoms with Crippen LogP contribution < -0.4 is 20.7 Å². The van der Waals surface area contributed by atoms with E-state index in [1.165, 1.54) is 6.26 Å². The van der Waals surface area contributed by atoms with Crippen LogP contribution in [-0.2, 0) is 16.1 Å². The fourth-order valence-corrected chi connectivity index (χ4v) is 3.26. The summed E-state index contributed by atoms with van der Waals surface area (Å²) >= 11 is 0. The van der Waals surface area contributed by atoms with Crippen LogP contribution in [0.15, 0.2) is 47.1 Å². The Morgan fingerprint density at radius 3 is 2.50 bits per heavy atom. The van der Waals surface area contributed by atoms with Crippen molar-refractivity contribution in [2.75, 3.05) is 32.1 Å². The van der Waals surface area contributed by atoms with Crippen LogP contribution in [0.3, 0.4) is 0 Å². The van der Waals surface area contributed by atoms with Crippen molar-refractivity contribution in [2.24, 2.45) is 5.92 Å². The first-order chi connectivity index (χ1) is 14.6. The van der Waals surface area contributed by atoms with Gasteiger partial charge in [-0.15, -0.1) is 0 Å². The second kappa shape index (κ2) is 10.3. The third kappa shape index (κ3) is 5.76. The standard InChI is InChI=1S/C21H26N4O5/c1-29-18-7-3-2-6-17(18)24-21(28)25-10-8-15(9-11-25)13-22-19(26)20(27)23-14-16-5-4-12-30-16/h2-7,12,15H,8-11,13-14H2,1H3,(H,22,26)(H,23,27)(H,24,28). The number of urea groups is 1. The number of rotatable bonds is 6. The molecule has 0 radical (unpaired) electrons. The van der Waals surface area contributed by atoms with Gasteiger partial charge in [-0.2, -0.15) is 0 Å². The van der Waals surface area contributed by atoms with E-state index in [0.29, 0.717) is 36.8 Å². The Balaban J connectivity index is 1.37. The SMILES string of the molecule is COc1ccccc1NC(=O)N1CCC(CNC(=O)C(=O)NCc2ccco2)CC1. The summed E-state index contributed by atoms with van der Waals surface area (Å²) in [6, 6.07) is 10.5. The fourth-order valence-electron chi connectivity index (χ4n) is 3.26. The molecule has 1 aromatic carbocycles. The van der Waals surface area contributed by atoms with E-state index < -0.39 is 11.8 Å². The number of anilines is 1. The molecule has 0 atom stereocenters. The highest BCUT2D eigenvalue weighted by Crippen LogP contribution is 2.24. The van der Waals surface area contributed by atoms with Crippen LogP contribution in [0, 0.1) is 5.92 Å². The molecule has 1 aliphatic rings. The molecule has 1 saturated heterocycles. The number of para-hydroxylation sites is 2. The Hall–Kier alpha value is -3.49. The van der Waals surface area contributed by atoms with Crippen LogP contribution >= 0.6 is 0 Å². The summed E-state index contributed by atoms with van der Waals surface area (Å²) in [6.07, 6.45) is 2.99. The molecule has 0 unspecified atom stereocenters. The number of piperidine rings is 1. The van der Waals surface area contributed by atoms with Gasteiger partial charge in [-0.25, -0.2) is 4.79 Å². The van der Waals surface area contributed by atoms with Gasteiger partial charge in [0.2, 0.25) is 0 Å². The molecule has 4 amide bonds. The average molecular weight is 414 g/mol. The Bertz CT molecular complexity index is 860. The quantitative estimate of drug-likeness (QED) is 0.626. The molecular formula is C21H26N4O5. The number of carbonyl (C=O) groups excluding carboxylic acids is 3. The summed E-state index contributed by atoms with van der Waals surface area (Å²) < 4.78 is 10.4. The summed E-state index contributed by atoms with van der Waals surface area (Å²) in [7, 11) is 1.56. The largest absolute Gasteiger partial charge is 0.495 e. The number of furan rings is 1. The molecule has 0 aliphatic carbocycles. The monoisotopic (exact) mass is 414 g/mol. The maximum atomic E-state index is 12.5. The van der Waals surface area contributed by atoms with Gasteiger partial charge in [0, 0.05) is 19.6 Å². The van der Waals surface area contributed by atoms with E-state index in [0.717, 1.165) is 12.8 Å². The molecule has 0 bridgehead atoms. The summed E-state index contributed by atoms with van der Waals surface area (Å²) in [6.45, 7) is 1.71. The molecule has 160 valence electrons. The summed E-state index contributed by atoms with van der Waals surface area (Å²) in [4.78, 5) is 38.0. The van der Waals surface area contributed by atoms with Gasteiger partial charge in [-0.05, 0) is 43.0 Å². The second-order valence-electron chi connectivity index (χ2n) is 7.03. The Kier molecular flexibility index (Phi) is 7.31. The lowest BCUT2D eigenvalue weighted by molar-refractivity contribution is -0.139. The molecule has 0 saturated carbocycles. The number of likely N-dealkylation sites (tertiary alicyclic amines) is 1. The number of benzene rings is 1. The number of amides is 4. The Morgan fingerprint density at radius 2 is 1.80 bits per heavy atom. The van der Waals surface area contributed by atoms with Crippen molar-refractivity contribution < 1.29 is 23.5 Å². The number of carbonyl (C=O) groups is 3. The van der Waals surface area contributed by atoms with Crippen LogP contribution in [0.1, 0.15) is 18.6 Å². The molecule has 2 heterocycles. The van der Waals surface area contributed by atoms with Gasteiger partial charge < -0.3 is 30.0 Å². The van der Waals surface area contributed by atoms with Crippen molar-refractivity contribution in [3.63, 3.8) is 0 Å². The van der Waals surface area contributed by atoms with E-state index in [1.807, 2.05) is 12.1 Å². The van der Waals surface area contributed by atoms with Crippen LogP contribution in [0.2, 0.25) is 0 Å². The van der Waals surface area contributed by atoms with Crippen molar-refractivity contribution >= 4 is 23.5 Å². The molecule has 1 fully saturated rings. The van der Waals surface area contributed by atoms with Gasteiger partial charge >= 0.3 is 17.8 Å². The molecule has 30 heavy (non-hydrogen) atoms. The van der Waals surface area contributed by atoms with Crippen molar-refractivity contribution in [2.45, 2.75) is 19.4 Å². The Labute approximate surface area is 174 Å². The minimum absolute atomic E-state index is 0.166. The predicted octanol–water partition coefficient (Wildman–Crippen LogP) is 1.96. The van der Waals surface area contributed by atoms with Gasteiger partial charge in [0.1, 0.15) is 11.5 Å². The normalized spacial score (nSPS) is 14.1. The molecule has 3 N–H and O–H groups in total. The molecule has 0 spiro atoms. The summed E-state index contributed by atoms with van der Waals surface area (Å²) in [5.41, 5.74) is 0.625. The second-order valence-corrected chi connectivity index (χ2v) is 7.03. The van der Waals surface area contributed by atoms with E-state index in [2.05, 4.69) is 16.0 Å². The lowest BCUT2D eigenvalue weighted by Gasteiger charge is -2.32. The zero-order valence-electron chi connectivity index (χ0n) is 16.8. The number of hydrogen-bond acceptors (Lipinski definition) is 5. The molecular weight excluding hydrogens is 388 g/mol. The first kappa shape index (κ1) is 21.2. The number of nitrogens with one attached hydrogen (secondary N) is 3. The number of methoxy groups -OCH3 is 1. The molecule has 9 heteroatoms. The first-order valence-corrected chi connectivity index (χ1v) is 9.84.